The molecule has 0 aromatic heterocycles. The van der Waals surface area contributed by atoms with E-state index in [0.29, 0.717) is 18.7 Å². The lowest BCUT2D eigenvalue weighted by Crippen LogP contribution is -2.49. The number of sulfonamides is 1. The van der Waals surface area contributed by atoms with Gasteiger partial charge in [-0.25, -0.2) is 13.2 Å². The van der Waals surface area contributed by atoms with E-state index in [4.69, 9.17) is 9.47 Å². The summed E-state index contributed by atoms with van der Waals surface area (Å²) < 4.78 is 38.7. The number of carbonyl (C=O) groups is 2. The number of hydrogen-bond acceptors (Lipinski definition) is 6. The molecule has 0 saturated carbocycles. The fourth-order valence-electron chi connectivity index (χ4n) is 4.88. The smallest absolute Gasteiger partial charge is 0.342 e. The molecule has 2 aliphatic heterocycles. The van der Waals surface area contributed by atoms with Crippen LogP contribution in [0.15, 0.2) is 47.4 Å². The van der Waals surface area contributed by atoms with Gasteiger partial charge in [0.2, 0.25) is 0 Å². The molecule has 34 heavy (non-hydrogen) atoms. The number of piperidine rings is 1. The molecule has 1 fully saturated rings. The maximum Gasteiger partial charge on any atom is 0.342 e. The topological polar surface area (TPSA) is 93.2 Å². The highest BCUT2D eigenvalue weighted by molar-refractivity contribution is 7.92. The first-order valence-electron chi connectivity index (χ1n) is 11.5. The first-order chi connectivity index (χ1) is 16.2. The largest absolute Gasteiger partial charge is 0.496 e. The number of methoxy groups -OCH3 is 1. The number of nitrogens with zero attached hydrogens (tertiary/aromatic N) is 2. The van der Waals surface area contributed by atoms with Crippen molar-refractivity contribution < 1.29 is 27.5 Å². The van der Waals surface area contributed by atoms with Gasteiger partial charge in [-0.05, 0) is 69.4 Å². The van der Waals surface area contributed by atoms with E-state index < -0.39 is 22.6 Å². The number of anilines is 1. The lowest BCUT2D eigenvalue weighted by atomic mass is 9.97. The van der Waals surface area contributed by atoms with Crippen molar-refractivity contribution in [2.75, 3.05) is 24.6 Å². The molecule has 1 saturated heterocycles. The van der Waals surface area contributed by atoms with Gasteiger partial charge in [0, 0.05) is 18.6 Å². The van der Waals surface area contributed by atoms with E-state index in [1.807, 2.05) is 26.0 Å². The fraction of sp³-hybridized carbons (Fsp3) is 0.440. The second kappa shape index (κ2) is 9.66. The zero-order valence-corrected chi connectivity index (χ0v) is 20.5. The molecule has 0 unspecified atom stereocenters. The molecule has 0 aliphatic carbocycles. The van der Waals surface area contributed by atoms with Gasteiger partial charge in [0.1, 0.15) is 11.3 Å². The molecule has 2 heterocycles. The van der Waals surface area contributed by atoms with Gasteiger partial charge in [-0.2, -0.15) is 0 Å². The number of ether oxygens (including phenoxy) is 2. The highest BCUT2D eigenvalue weighted by Gasteiger charge is 2.33. The van der Waals surface area contributed by atoms with Crippen LogP contribution >= 0.6 is 0 Å². The number of benzene rings is 2. The Morgan fingerprint density at radius 2 is 1.76 bits per heavy atom. The number of rotatable bonds is 6. The molecule has 2 aliphatic rings. The van der Waals surface area contributed by atoms with Gasteiger partial charge in [-0.15, -0.1) is 0 Å². The minimum atomic E-state index is -3.90. The van der Waals surface area contributed by atoms with E-state index >= 15 is 0 Å². The zero-order valence-electron chi connectivity index (χ0n) is 19.7. The summed E-state index contributed by atoms with van der Waals surface area (Å²) >= 11 is 0. The van der Waals surface area contributed by atoms with Gasteiger partial charge >= 0.3 is 5.97 Å². The number of amides is 1. The average Bonchev–Trinajstić information content (AvgIpc) is 3.27. The summed E-state index contributed by atoms with van der Waals surface area (Å²) in [6.07, 6.45) is 3.51. The Balaban J connectivity index is 1.54. The van der Waals surface area contributed by atoms with Gasteiger partial charge in [0.05, 0.1) is 17.7 Å². The molecule has 2 aromatic rings. The molecule has 2 aromatic carbocycles. The van der Waals surface area contributed by atoms with Crippen LogP contribution < -0.4 is 9.04 Å². The van der Waals surface area contributed by atoms with Crippen LogP contribution in [0.3, 0.4) is 0 Å². The Bertz CT molecular complexity index is 1190. The first kappa shape index (κ1) is 24.1. The van der Waals surface area contributed by atoms with Gasteiger partial charge in [-0.1, -0.05) is 18.2 Å². The van der Waals surface area contributed by atoms with Crippen molar-refractivity contribution in [1.82, 2.24) is 4.90 Å². The molecule has 0 bridgehead atoms. The Morgan fingerprint density at radius 1 is 1.06 bits per heavy atom. The Kier molecular flexibility index (Phi) is 6.84. The predicted octanol–water partition coefficient (Wildman–Crippen LogP) is 3.39. The third-order valence-corrected chi connectivity index (χ3v) is 8.44. The molecule has 9 heteroatoms. The van der Waals surface area contributed by atoms with Crippen LogP contribution in [-0.2, 0) is 26.0 Å². The second-order valence-corrected chi connectivity index (χ2v) is 10.7. The lowest BCUT2D eigenvalue weighted by molar-refractivity contribution is -0.140. The maximum absolute atomic E-state index is 13.4. The molecule has 0 radical (unpaired) electrons. The number of carbonyl (C=O) groups excluding carboxylic acids is 2. The van der Waals surface area contributed by atoms with Gasteiger partial charge in [0.25, 0.3) is 15.9 Å². The number of hydrogen-bond donors (Lipinski definition) is 0. The molecule has 4 rings (SSSR count). The molecule has 8 nitrogen and oxygen atoms in total. The molecule has 1 amide bonds. The lowest BCUT2D eigenvalue weighted by Gasteiger charge is -2.38. The molecule has 2 atom stereocenters. The standard InChI is InChI=1S/C25H30N2O6S/c1-17-7-6-8-18(2)27(17)24(28)16-33-25(29)21-15-20(11-12-23(21)32-3)34(30,31)26-14-13-19-9-4-5-10-22(19)26/h4-5,9-12,15,17-18H,6-8,13-14,16H2,1-3H3/t17-,18+. The number of likely N-dealkylation sites (tertiary alicyclic amines) is 1. The van der Waals surface area contributed by atoms with Crippen molar-refractivity contribution in [2.24, 2.45) is 0 Å². The minimum absolute atomic E-state index is 0.0383. The van der Waals surface area contributed by atoms with Crippen molar-refractivity contribution >= 4 is 27.6 Å². The summed E-state index contributed by atoms with van der Waals surface area (Å²) in [6, 6.07) is 11.6. The van der Waals surface area contributed by atoms with Crippen molar-refractivity contribution in [1.29, 1.82) is 0 Å². The van der Waals surface area contributed by atoms with E-state index in [9.17, 15) is 18.0 Å². The normalized spacial score (nSPS) is 20.1. The summed E-state index contributed by atoms with van der Waals surface area (Å²) in [6.45, 7) is 3.90. The Hall–Kier alpha value is -3.07. The number of esters is 1. The average molecular weight is 487 g/mol. The highest BCUT2D eigenvalue weighted by Crippen LogP contribution is 2.34. The third-order valence-electron chi connectivity index (χ3n) is 6.63. The molecule has 182 valence electrons. The second-order valence-electron chi connectivity index (χ2n) is 8.82. The summed E-state index contributed by atoms with van der Waals surface area (Å²) in [4.78, 5) is 27.4. The maximum atomic E-state index is 13.4. The quantitative estimate of drug-likeness (QED) is 0.581. The van der Waals surface area contributed by atoms with Crippen molar-refractivity contribution in [2.45, 2.75) is 56.5 Å². The first-order valence-corrected chi connectivity index (χ1v) is 12.9. The van der Waals surface area contributed by atoms with Crippen molar-refractivity contribution in [3.05, 3.63) is 53.6 Å². The van der Waals surface area contributed by atoms with Crippen LogP contribution in [0.5, 0.6) is 5.75 Å². The van der Waals surface area contributed by atoms with Crippen LogP contribution in [0, 0.1) is 0 Å². The van der Waals surface area contributed by atoms with E-state index in [1.54, 1.807) is 17.0 Å². The van der Waals surface area contributed by atoms with Gasteiger partial charge in [-0.3, -0.25) is 9.10 Å². The van der Waals surface area contributed by atoms with E-state index in [-0.39, 0.29) is 34.2 Å². The zero-order chi connectivity index (χ0) is 24.5. The van der Waals surface area contributed by atoms with Crippen molar-refractivity contribution in [3.8, 4) is 5.75 Å². The van der Waals surface area contributed by atoms with Crippen LogP contribution in [0.1, 0.15) is 49.0 Å². The number of fused-ring (bicyclic) bond motifs is 1. The molecule has 0 N–H and O–H groups in total. The van der Waals surface area contributed by atoms with Crippen LogP contribution in [0.4, 0.5) is 5.69 Å². The Morgan fingerprint density at radius 3 is 2.47 bits per heavy atom. The van der Waals surface area contributed by atoms with Crippen LogP contribution in [0.25, 0.3) is 0 Å². The van der Waals surface area contributed by atoms with Gasteiger partial charge in [0.15, 0.2) is 6.61 Å². The summed E-state index contributed by atoms with van der Waals surface area (Å²) in [5.41, 5.74) is 1.56. The SMILES string of the molecule is COc1ccc(S(=O)(=O)N2CCc3ccccc32)cc1C(=O)OCC(=O)N1[C@H](C)CCC[C@@H]1C. The van der Waals surface area contributed by atoms with Crippen molar-refractivity contribution in [3.63, 3.8) is 0 Å². The molecular weight excluding hydrogens is 456 g/mol. The monoisotopic (exact) mass is 486 g/mol. The Labute approximate surface area is 200 Å². The van der Waals surface area contributed by atoms with E-state index in [0.717, 1.165) is 24.8 Å². The van der Waals surface area contributed by atoms with Crippen LogP contribution in [-0.4, -0.2) is 57.5 Å². The van der Waals surface area contributed by atoms with E-state index in [2.05, 4.69) is 0 Å². The van der Waals surface area contributed by atoms with Crippen LogP contribution in [0.2, 0.25) is 0 Å². The predicted molar refractivity (Wildman–Crippen MR) is 128 cm³/mol. The molecule has 0 spiro atoms. The number of para-hydroxylation sites is 1. The van der Waals surface area contributed by atoms with E-state index in [1.165, 1.54) is 29.6 Å². The summed E-state index contributed by atoms with van der Waals surface area (Å²) in [5.74, 6) is -0.885. The summed E-state index contributed by atoms with van der Waals surface area (Å²) in [7, 11) is -2.51. The van der Waals surface area contributed by atoms with Gasteiger partial charge < -0.3 is 14.4 Å². The third kappa shape index (κ3) is 4.49. The minimum Gasteiger partial charge on any atom is -0.496 e. The summed E-state index contributed by atoms with van der Waals surface area (Å²) in [5, 5.41) is 0. The molecular formula is C25H30N2O6S. The highest BCUT2D eigenvalue weighted by atomic mass is 32.2. The fourth-order valence-corrected chi connectivity index (χ4v) is 6.41.